The molecule has 1 aromatic carbocycles. The van der Waals surface area contributed by atoms with Crippen LogP contribution in [0.25, 0.3) is 0 Å². The van der Waals surface area contributed by atoms with Crippen LogP contribution in [0.15, 0.2) is 23.1 Å². The first-order valence-corrected chi connectivity index (χ1v) is 9.24. The van der Waals surface area contributed by atoms with Crippen molar-refractivity contribution >= 4 is 15.7 Å². The Morgan fingerprint density at radius 3 is 2.86 bits per heavy atom. The van der Waals surface area contributed by atoms with E-state index < -0.39 is 10.0 Å². The molecule has 0 bridgehead atoms. The Kier molecular flexibility index (Phi) is 3.74. The van der Waals surface area contributed by atoms with Gasteiger partial charge in [-0.2, -0.15) is 0 Å². The Labute approximate surface area is 127 Å². The predicted molar refractivity (Wildman–Crippen MR) is 85.0 cm³/mol. The molecule has 2 N–H and O–H groups in total. The molecule has 0 spiro atoms. The Balaban J connectivity index is 1.86. The Bertz CT molecular complexity index is 638. The van der Waals surface area contributed by atoms with Crippen molar-refractivity contribution in [1.82, 2.24) is 4.72 Å². The second kappa shape index (κ2) is 5.29. The maximum absolute atomic E-state index is 12.7. The molecule has 1 aliphatic carbocycles. The summed E-state index contributed by atoms with van der Waals surface area (Å²) in [6.45, 7) is 5.33. The molecule has 0 aromatic heterocycles. The largest absolute Gasteiger partial charge is 0.385 e. The van der Waals surface area contributed by atoms with Gasteiger partial charge in [-0.3, -0.25) is 0 Å². The molecule has 2 aliphatic rings. The van der Waals surface area contributed by atoms with E-state index in [1.165, 1.54) is 0 Å². The number of rotatable bonds is 3. The third kappa shape index (κ3) is 3.09. The van der Waals surface area contributed by atoms with Gasteiger partial charge in [0.15, 0.2) is 0 Å². The fraction of sp³-hybridized carbons (Fsp3) is 0.625. The van der Waals surface area contributed by atoms with Gasteiger partial charge in [0.2, 0.25) is 10.0 Å². The average Bonchev–Trinajstić information content (AvgIpc) is 2.76. The van der Waals surface area contributed by atoms with E-state index in [-0.39, 0.29) is 11.5 Å². The first kappa shape index (κ1) is 14.9. The normalized spacial score (nSPS) is 24.4. The lowest BCUT2D eigenvalue weighted by atomic mass is 9.92. The van der Waals surface area contributed by atoms with E-state index in [1.54, 1.807) is 6.07 Å². The minimum atomic E-state index is -3.43. The number of sulfonamides is 1. The van der Waals surface area contributed by atoms with Crippen molar-refractivity contribution in [3.8, 4) is 0 Å². The van der Waals surface area contributed by atoms with E-state index in [1.807, 2.05) is 12.1 Å². The van der Waals surface area contributed by atoms with Crippen LogP contribution in [0.1, 0.15) is 45.1 Å². The molecule has 1 atom stereocenters. The molecule has 21 heavy (non-hydrogen) atoms. The van der Waals surface area contributed by atoms with Crippen LogP contribution in [-0.4, -0.2) is 21.0 Å². The van der Waals surface area contributed by atoms with E-state index in [9.17, 15) is 8.42 Å². The molecule has 0 radical (unpaired) electrons. The van der Waals surface area contributed by atoms with Crippen LogP contribution in [0.3, 0.4) is 0 Å². The van der Waals surface area contributed by atoms with Gasteiger partial charge in [-0.1, -0.05) is 19.9 Å². The molecular formula is C16H24N2O2S. The lowest BCUT2D eigenvalue weighted by Crippen LogP contribution is -2.34. The summed E-state index contributed by atoms with van der Waals surface area (Å²) in [4.78, 5) is 0.455. The summed E-state index contributed by atoms with van der Waals surface area (Å²) in [5, 5.41) is 3.29. The molecular weight excluding hydrogens is 284 g/mol. The van der Waals surface area contributed by atoms with Crippen LogP contribution in [0.2, 0.25) is 0 Å². The van der Waals surface area contributed by atoms with Crippen LogP contribution in [0, 0.1) is 5.41 Å². The molecule has 1 aliphatic heterocycles. The number of hydrogen-bond donors (Lipinski definition) is 2. The topological polar surface area (TPSA) is 58.2 Å². The van der Waals surface area contributed by atoms with Crippen LogP contribution >= 0.6 is 0 Å². The van der Waals surface area contributed by atoms with Crippen molar-refractivity contribution in [2.75, 3.05) is 11.9 Å². The SMILES string of the molecule is CC1(C)CCC(NS(=O)(=O)c2cccc3c2CCCN3)C1. The molecule has 3 rings (SSSR count). The molecule has 1 aromatic rings. The molecule has 5 heteroatoms. The number of fused-ring (bicyclic) bond motifs is 1. The van der Waals surface area contributed by atoms with E-state index >= 15 is 0 Å². The summed E-state index contributed by atoms with van der Waals surface area (Å²) in [6, 6.07) is 5.59. The van der Waals surface area contributed by atoms with Gasteiger partial charge in [0, 0.05) is 18.3 Å². The maximum Gasteiger partial charge on any atom is 0.241 e. The molecule has 0 amide bonds. The molecule has 116 valence electrons. The monoisotopic (exact) mass is 308 g/mol. The van der Waals surface area contributed by atoms with Crippen molar-refractivity contribution in [3.05, 3.63) is 23.8 Å². The van der Waals surface area contributed by atoms with Crippen LogP contribution in [0.4, 0.5) is 5.69 Å². The molecule has 0 saturated heterocycles. The van der Waals surface area contributed by atoms with Gasteiger partial charge in [-0.05, 0) is 55.2 Å². The Hall–Kier alpha value is -1.07. The first-order chi connectivity index (χ1) is 9.87. The minimum Gasteiger partial charge on any atom is -0.385 e. The summed E-state index contributed by atoms with van der Waals surface area (Å²) in [5.74, 6) is 0. The van der Waals surface area contributed by atoms with Gasteiger partial charge in [0.1, 0.15) is 0 Å². The highest BCUT2D eigenvalue weighted by Crippen LogP contribution is 2.38. The highest BCUT2D eigenvalue weighted by Gasteiger charge is 2.34. The Morgan fingerprint density at radius 1 is 1.33 bits per heavy atom. The summed E-state index contributed by atoms with van der Waals surface area (Å²) < 4.78 is 28.4. The van der Waals surface area contributed by atoms with Gasteiger partial charge >= 0.3 is 0 Å². The summed E-state index contributed by atoms with van der Waals surface area (Å²) in [6.07, 6.45) is 4.74. The molecule has 1 fully saturated rings. The fourth-order valence-electron chi connectivity index (χ4n) is 3.55. The lowest BCUT2D eigenvalue weighted by Gasteiger charge is -2.22. The zero-order valence-electron chi connectivity index (χ0n) is 12.8. The fourth-order valence-corrected chi connectivity index (χ4v) is 5.11. The van der Waals surface area contributed by atoms with Crippen LogP contribution in [0.5, 0.6) is 0 Å². The van der Waals surface area contributed by atoms with Crippen molar-refractivity contribution in [1.29, 1.82) is 0 Å². The third-order valence-corrected chi connectivity index (χ3v) is 6.24. The lowest BCUT2D eigenvalue weighted by molar-refractivity contribution is 0.372. The second-order valence-electron chi connectivity index (χ2n) is 7.04. The smallest absolute Gasteiger partial charge is 0.241 e. The van der Waals surface area contributed by atoms with E-state index in [0.29, 0.717) is 4.90 Å². The first-order valence-electron chi connectivity index (χ1n) is 7.75. The summed E-state index contributed by atoms with van der Waals surface area (Å²) >= 11 is 0. The molecule has 1 saturated carbocycles. The molecule has 1 unspecified atom stereocenters. The average molecular weight is 308 g/mol. The number of hydrogen-bond acceptors (Lipinski definition) is 3. The van der Waals surface area contributed by atoms with Crippen LogP contribution < -0.4 is 10.0 Å². The highest BCUT2D eigenvalue weighted by atomic mass is 32.2. The highest BCUT2D eigenvalue weighted by molar-refractivity contribution is 7.89. The summed E-state index contributed by atoms with van der Waals surface area (Å²) in [7, 11) is -3.43. The van der Waals surface area contributed by atoms with Gasteiger partial charge in [-0.25, -0.2) is 13.1 Å². The third-order valence-electron chi connectivity index (χ3n) is 4.63. The van der Waals surface area contributed by atoms with Gasteiger partial charge in [0.05, 0.1) is 4.90 Å². The predicted octanol–water partition coefficient (Wildman–Crippen LogP) is 2.90. The van der Waals surface area contributed by atoms with E-state index in [4.69, 9.17) is 0 Å². The number of benzene rings is 1. The van der Waals surface area contributed by atoms with Gasteiger partial charge < -0.3 is 5.32 Å². The zero-order chi connectivity index (χ0) is 15.1. The van der Waals surface area contributed by atoms with Crippen LogP contribution in [-0.2, 0) is 16.4 Å². The van der Waals surface area contributed by atoms with Gasteiger partial charge in [0.25, 0.3) is 0 Å². The van der Waals surface area contributed by atoms with E-state index in [2.05, 4.69) is 23.9 Å². The van der Waals surface area contributed by atoms with Crippen molar-refractivity contribution < 1.29 is 8.42 Å². The van der Waals surface area contributed by atoms with Crippen molar-refractivity contribution in [2.24, 2.45) is 5.41 Å². The van der Waals surface area contributed by atoms with Gasteiger partial charge in [-0.15, -0.1) is 0 Å². The number of nitrogens with one attached hydrogen (secondary N) is 2. The van der Waals surface area contributed by atoms with Crippen molar-refractivity contribution in [3.63, 3.8) is 0 Å². The Morgan fingerprint density at radius 2 is 2.14 bits per heavy atom. The summed E-state index contributed by atoms with van der Waals surface area (Å²) in [5.41, 5.74) is 2.15. The molecule has 4 nitrogen and oxygen atoms in total. The van der Waals surface area contributed by atoms with Crippen molar-refractivity contribution in [2.45, 2.75) is 56.9 Å². The quantitative estimate of drug-likeness (QED) is 0.902. The zero-order valence-corrected chi connectivity index (χ0v) is 13.6. The maximum atomic E-state index is 12.7. The second-order valence-corrected chi connectivity index (χ2v) is 8.72. The standard InChI is InChI=1S/C16H24N2O2S/c1-16(2)9-8-12(11-16)18-21(19,20)15-7-3-6-14-13(15)5-4-10-17-14/h3,6-7,12,17-18H,4-5,8-11H2,1-2H3. The minimum absolute atomic E-state index is 0.0670. The molecule has 1 heterocycles. The number of anilines is 1. The van der Waals surface area contributed by atoms with E-state index in [0.717, 1.165) is 49.9 Å².